The molecular weight excluding hydrogens is 512 g/mol. The molecule has 210 valence electrons. The average Bonchev–Trinajstić information content (AvgIpc) is 3.20. The van der Waals surface area contributed by atoms with Crippen molar-refractivity contribution in [3.8, 4) is 23.0 Å². The van der Waals surface area contributed by atoms with Gasteiger partial charge in [0.05, 0.1) is 45.6 Å². The molecule has 0 radical (unpaired) electrons. The van der Waals surface area contributed by atoms with Crippen LogP contribution in [0.15, 0.2) is 60.4 Å². The van der Waals surface area contributed by atoms with Crippen LogP contribution in [-0.4, -0.2) is 55.1 Å². The summed E-state index contributed by atoms with van der Waals surface area (Å²) in [5, 5.41) is 11.8. The number of hydrogen-bond donors (Lipinski definition) is 1. The Hall–Kier alpha value is -4.53. The first-order chi connectivity index (χ1) is 19.0. The van der Waals surface area contributed by atoms with E-state index >= 15 is 0 Å². The fourth-order valence-electron chi connectivity index (χ4n) is 4.84. The molecule has 0 saturated carbocycles. The fourth-order valence-corrected chi connectivity index (χ4v) is 4.84. The summed E-state index contributed by atoms with van der Waals surface area (Å²) in [4.78, 5) is 32.8. The Morgan fingerprint density at radius 1 is 0.925 bits per heavy atom. The number of methoxy groups -OCH3 is 4. The van der Waals surface area contributed by atoms with E-state index in [9.17, 15) is 14.7 Å². The Labute approximate surface area is 234 Å². The molecular formula is C31H34N2O7. The summed E-state index contributed by atoms with van der Waals surface area (Å²) in [5.41, 5.74) is 2.12. The summed E-state index contributed by atoms with van der Waals surface area (Å²) in [6.45, 7) is 6.21. The van der Waals surface area contributed by atoms with Crippen molar-refractivity contribution in [2.24, 2.45) is 0 Å². The van der Waals surface area contributed by atoms with Crippen LogP contribution in [0, 0.1) is 0 Å². The topological polar surface area (TPSA) is 107 Å². The minimum Gasteiger partial charge on any atom is -0.507 e. The number of carbonyl (C=O) groups excluding carboxylic acids is 2. The maximum absolute atomic E-state index is 13.7. The van der Waals surface area contributed by atoms with Crippen molar-refractivity contribution in [3.05, 3.63) is 82.7 Å². The number of rotatable bonds is 8. The molecule has 40 heavy (non-hydrogen) atoms. The Morgan fingerprint density at radius 3 is 2.10 bits per heavy atom. The number of aliphatic hydroxyl groups excluding tert-OH is 1. The zero-order chi connectivity index (χ0) is 29.2. The second kappa shape index (κ2) is 11.3. The summed E-state index contributed by atoms with van der Waals surface area (Å²) in [5.74, 6) is -0.496. The van der Waals surface area contributed by atoms with Crippen molar-refractivity contribution in [1.29, 1.82) is 0 Å². The number of Topliss-reactive ketones (excluding diaryl/α,β-unsaturated/α-hetero) is 1. The van der Waals surface area contributed by atoms with E-state index in [4.69, 9.17) is 18.9 Å². The van der Waals surface area contributed by atoms with Gasteiger partial charge in [0.1, 0.15) is 11.5 Å². The first kappa shape index (κ1) is 28.5. The van der Waals surface area contributed by atoms with Crippen molar-refractivity contribution in [3.63, 3.8) is 0 Å². The van der Waals surface area contributed by atoms with Gasteiger partial charge in [0.25, 0.3) is 11.7 Å². The number of ether oxygens (including phenoxy) is 4. The van der Waals surface area contributed by atoms with E-state index in [0.717, 1.165) is 5.56 Å². The van der Waals surface area contributed by atoms with Crippen LogP contribution in [0.4, 0.5) is 0 Å². The molecule has 1 amide bonds. The predicted molar refractivity (Wildman–Crippen MR) is 150 cm³/mol. The lowest BCUT2D eigenvalue weighted by molar-refractivity contribution is -0.140. The number of aromatic nitrogens is 1. The van der Waals surface area contributed by atoms with Crippen LogP contribution in [0.3, 0.4) is 0 Å². The van der Waals surface area contributed by atoms with Gasteiger partial charge in [-0.05, 0) is 52.4 Å². The highest BCUT2D eigenvalue weighted by Crippen LogP contribution is 2.47. The lowest BCUT2D eigenvalue weighted by atomic mass is 9.85. The number of hydrogen-bond acceptors (Lipinski definition) is 8. The van der Waals surface area contributed by atoms with Crippen molar-refractivity contribution in [2.45, 2.75) is 38.8 Å². The molecule has 3 aromatic rings. The Balaban J connectivity index is 2.01. The van der Waals surface area contributed by atoms with E-state index in [0.29, 0.717) is 39.7 Å². The summed E-state index contributed by atoms with van der Waals surface area (Å²) in [6.07, 6.45) is 3.25. The van der Waals surface area contributed by atoms with Gasteiger partial charge in [-0.2, -0.15) is 0 Å². The largest absolute Gasteiger partial charge is 0.507 e. The maximum atomic E-state index is 13.7. The predicted octanol–water partition coefficient (Wildman–Crippen LogP) is 5.04. The summed E-state index contributed by atoms with van der Waals surface area (Å²) < 4.78 is 22.1. The molecule has 1 saturated heterocycles. The molecule has 0 bridgehead atoms. The molecule has 9 heteroatoms. The van der Waals surface area contributed by atoms with E-state index in [-0.39, 0.29) is 23.3 Å². The van der Waals surface area contributed by atoms with Gasteiger partial charge in [-0.3, -0.25) is 14.6 Å². The number of pyridine rings is 1. The molecule has 1 atom stereocenters. The molecule has 9 nitrogen and oxygen atoms in total. The monoisotopic (exact) mass is 546 g/mol. The summed E-state index contributed by atoms with van der Waals surface area (Å²) in [6, 6.07) is 11.4. The van der Waals surface area contributed by atoms with Gasteiger partial charge in [-0.1, -0.05) is 32.9 Å². The van der Waals surface area contributed by atoms with Crippen molar-refractivity contribution in [1.82, 2.24) is 9.88 Å². The number of benzene rings is 2. The molecule has 1 fully saturated rings. The molecule has 1 aromatic heterocycles. The van der Waals surface area contributed by atoms with Crippen LogP contribution < -0.4 is 18.9 Å². The number of amides is 1. The summed E-state index contributed by atoms with van der Waals surface area (Å²) >= 11 is 0. The van der Waals surface area contributed by atoms with E-state index < -0.39 is 17.7 Å². The van der Waals surface area contributed by atoms with Gasteiger partial charge in [0.15, 0.2) is 11.5 Å². The Morgan fingerprint density at radius 2 is 1.57 bits per heavy atom. The smallest absolute Gasteiger partial charge is 0.295 e. The molecule has 2 aromatic carbocycles. The number of aliphatic hydroxyl groups is 1. The average molecular weight is 547 g/mol. The van der Waals surface area contributed by atoms with Gasteiger partial charge in [0, 0.05) is 18.9 Å². The maximum Gasteiger partial charge on any atom is 0.295 e. The normalized spacial score (nSPS) is 16.7. The minimum absolute atomic E-state index is 0.0764. The van der Waals surface area contributed by atoms with Gasteiger partial charge in [-0.15, -0.1) is 0 Å². The van der Waals surface area contributed by atoms with E-state index in [1.807, 2.05) is 32.9 Å². The van der Waals surface area contributed by atoms with E-state index in [1.165, 1.54) is 33.3 Å². The van der Waals surface area contributed by atoms with Crippen molar-refractivity contribution < 1.29 is 33.6 Å². The van der Waals surface area contributed by atoms with Crippen LogP contribution in [-0.2, 0) is 21.5 Å². The molecule has 1 unspecified atom stereocenters. The number of nitrogens with zero attached hydrogens (tertiary/aromatic N) is 2. The highest BCUT2D eigenvalue weighted by molar-refractivity contribution is 6.46. The van der Waals surface area contributed by atoms with Gasteiger partial charge >= 0.3 is 0 Å². The van der Waals surface area contributed by atoms with E-state index in [2.05, 4.69) is 4.98 Å². The Kier molecular flexibility index (Phi) is 8.04. The van der Waals surface area contributed by atoms with Crippen molar-refractivity contribution >= 4 is 17.4 Å². The SMILES string of the molecule is COc1ccc(C(C)(C)C)cc1/C(O)=C1\C(=O)C(=O)N(Cc2cccnc2)C1c1cc(OC)c(OC)c(OC)c1. The van der Waals surface area contributed by atoms with Gasteiger partial charge < -0.3 is 29.0 Å². The van der Waals surface area contributed by atoms with Gasteiger partial charge in [0.2, 0.25) is 5.75 Å². The highest BCUT2D eigenvalue weighted by atomic mass is 16.5. The zero-order valence-electron chi connectivity index (χ0n) is 23.8. The second-order valence-corrected chi connectivity index (χ2v) is 10.4. The zero-order valence-corrected chi connectivity index (χ0v) is 23.8. The molecule has 0 spiro atoms. The van der Waals surface area contributed by atoms with Crippen LogP contribution >= 0.6 is 0 Å². The Bertz CT molecular complexity index is 1430. The summed E-state index contributed by atoms with van der Waals surface area (Å²) in [7, 11) is 5.94. The van der Waals surface area contributed by atoms with E-state index in [1.54, 1.807) is 42.7 Å². The molecule has 4 rings (SSSR count). The first-order valence-corrected chi connectivity index (χ1v) is 12.7. The van der Waals surface area contributed by atoms with Crippen molar-refractivity contribution in [2.75, 3.05) is 28.4 Å². The number of carbonyl (C=O) groups is 2. The van der Waals surface area contributed by atoms with Gasteiger partial charge in [-0.25, -0.2) is 0 Å². The quantitative estimate of drug-likeness (QED) is 0.238. The molecule has 2 heterocycles. The second-order valence-electron chi connectivity index (χ2n) is 10.4. The first-order valence-electron chi connectivity index (χ1n) is 12.7. The third-order valence-corrected chi connectivity index (χ3v) is 6.94. The lowest BCUT2D eigenvalue weighted by Gasteiger charge is -2.27. The van der Waals surface area contributed by atoms with Crippen LogP contribution in [0.2, 0.25) is 0 Å². The van der Waals surface area contributed by atoms with Crippen LogP contribution in [0.25, 0.3) is 5.76 Å². The third-order valence-electron chi connectivity index (χ3n) is 6.94. The lowest BCUT2D eigenvalue weighted by Crippen LogP contribution is -2.29. The molecule has 1 N–H and O–H groups in total. The molecule has 1 aliphatic heterocycles. The fraction of sp³-hybridized carbons (Fsp3) is 0.323. The van der Waals surface area contributed by atoms with Crippen LogP contribution in [0.1, 0.15) is 49.1 Å². The highest BCUT2D eigenvalue weighted by Gasteiger charge is 2.47. The molecule has 1 aliphatic rings. The minimum atomic E-state index is -0.975. The van der Waals surface area contributed by atoms with Crippen LogP contribution in [0.5, 0.6) is 23.0 Å². The third kappa shape index (κ3) is 5.19. The standard InChI is InChI=1S/C31H34N2O7/c1-31(2,3)20-10-11-22(37-4)21(15-20)27(34)25-26(19-13-23(38-5)29(40-7)24(14-19)39-6)33(30(36)28(25)35)17-18-9-8-12-32-16-18/h8-16,26,34H,17H2,1-7H3/b27-25+. The molecule has 0 aliphatic carbocycles. The number of likely N-dealkylation sites (tertiary alicyclic amines) is 1. The number of ketones is 1.